The molecule has 1 aliphatic rings. The summed E-state index contributed by atoms with van der Waals surface area (Å²) in [6, 6.07) is 10.1. The molecule has 0 amide bonds. The Bertz CT molecular complexity index is 739. The standard InChI is InChI=1S/C20H20O4/c1-2-5-12(10-11-21)17-13-6-3-8-15(22)18(13)20(24)19-14(17)7-4-9-16(19)23/h3-4,6-9,11-12,17,22-23H,2,5,10H2,1H3/t12-/m1/s1. The summed E-state index contributed by atoms with van der Waals surface area (Å²) in [6.45, 7) is 2.05. The molecule has 24 heavy (non-hydrogen) atoms. The number of rotatable bonds is 5. The molecule has 0 fully saturated rings. The quantitative estimate of drug-likeness (QED) is 0.821. The van der Waals surface area contributed by atoms with E-state index in [0.717, 1.165) is 30.3 Å². The summed E-state index contributed by atoms with van der Waals surface area (Å²) in [7, 11) is 0. The number of phenols is 2. The van der Waals surface area contributed by atoms with Crippen LogP contribution in [0.25, 0.3) is 0 Å². The smallest absolute Gasteiger partial charge is 0.201 e. The Morgan fingerprint density at radius 2 is 1.58 bits per heavy atom. The van der Waals surface area contributed by atoms with Crippen molar-refractivity contribution in [1.29, 1.82) is 0 Å². The Morgan fingerprint density at radius 1 is 1.04 bits per heavy atom. The summed E-state index contributed by atoms with van der Waals surface area (Å²) < 4.78 is 0. The fourth-order valence-corrected chi connectivity index (χ4v) is 3.84. The Labute approximate surface area is 140 Å². The maximum absolute atomic E-state index is 12.8. The van der Waals surface area contributed by atoms with Gasteiger partial charge in [-0.3, -0.25) is 4.79 Å². The van der Waals surface area contributed by atoms with Gasteiger partial charge in [0, 0.05) is 12.3 Å². The highest BCUT2D eigenvalue weighted by molar-refractivity contribution is 6.15. The Hall–Kier alpha value is -2.62. The molecule has 124 valence electrons. The van der Waals surface area contributed by atoms with Crippen LogP contribution in [0.1, 0.15) is 59.2 Å². The molecule has 2 aromatic rings. The lowest BCUT2D eigenvalue weighted by Crippen LogP contribution is -2.25. The van der Waals surface area contributed by atoms with E-state index in [9.17, 15) is 19.8 Å². The first-order chi connectivity index (χ1) is 11.6. The van der Waals surface area contributed by atoms with Crippen LogP contribution >= 0.6 is 0 Å². The van der Waals surface area contributed by atoms with Crippen LogP contribution in [-0.2, 0) is 4.79 Å². The van der Waals surface area contributed by atoms with Crippen LogP contribution in [0.15, 0.2) is 36.4 Å². The molecule has 0 bridgehead atoms. The Balaban J connectivity index is 2.28. The molecule has 2 N–H and O–H groups in total. The van der Waals surface area contributed by atoms with Crippen LogP contribution < -0.4 is 0 Å². The van der Waals surface area contributed by atoms with E-state index in [2.05, 4.69) is 6.92 Å². The first-order valence-corrected chi connectivity index (χ1v) is 8.22. The zero-order chi connectivity index (χ0) is 17.3. The molecule has 0 saturated heterocycles. The second-order valence-electron chi connectivity index (χ2n) is 6.24. The molecule has 0 unspecified atom stereocenters. The highest BCUT2D eigenvalue weighted by Gasteiger charge is 2.38. The second kappa shape index (κ2) is 6.48. The molecule has 1 aliphatic carbocycles. The highest BCUT2D eigenvalue weighted by Crippen LogP contribution is 2.47. The molecule has 4 heteroatoms. The lowest BCUT2D eigenvalue weighted by molar-refractivity contribution is -0.108. The van der Waals surface area contributed by atoms with Crippen LogP contribution in [0, 0.1) is 5.92 Å². The SMILES string of the molecule is CCC[C@H](CC=O)C1c2cccc(O)c2C(=O)c2c(O)cccc21. The van der Waals surface area contributed by atoms with Crippen molar-refractivity contribution >= 4 is 12.1 Å². The van der Waals surface area contributed by atoms with E-state index >= 15 is 0 Å². The molecule has 0 aromatic heterocycles. The van der Waals surface area contributed by atoms with Gasteiger partial charge in [-0.05, 0) is 35.6 Å². The van der Waals surface area contributed by atoms with Crippen molar-refractivity contribution in [3.05, 3.63) is 58.7 Å². The minimum Gasteiger partial charge on any atom is -0.507 e. The number of fused-ring (bicyclic) bond motifs is 2. The predicted molar refractivity (Wildman–Crippen MR) is 90.6 cm³/mol. The van der Waals surface area contributed by atoms with Crippen LogP contribution in [-0.4, -0.2) is 22.3 Å². The normalized spacial score (nSPS) is 14.8. The molecule has 0 heterocycles. The number of benzene rings is 2. The molecule has 2 aromatic carbocycles. The summed E-state index contributed by atoms with van der Waals surface area (Å²) in [5.41, 5.74) is 1.95. The number of aldehydes is 1. The van der Waals surface area contributed by atoms with E-state index in [4.69, 9.17) is 0 Å². The van der Waals surface area contributed by atoms with E-state index in [-0.39, 0.29) is 40.2 Å². The van der Waals surface area contributed by atoms with Crippen molar-refractivity contribution in [1.82, 2.24) is 0 Å². The summed E-state index contributed by atoms with van der Waals surface area (Å²) in [4.78, 5) is 24.0. The molecular weight excluding hydrogens is 304 g/mol. The van der Waals surface area contributed by atoms with E-state index in [1.54, 1.807) is 12.1 Å². The first-order valence-electron chi connectivity index (χ1n) is 8.22. The third-order valence-electron chi connectivity index (χ3n) is 4.80. The van der Waals surface area contributed by atoms with Crippen molar-refractivity contribution in [2.75, 3.05) is 0 Å². The number of aromatic hydroxyl groups is 2. The average Bonchev–Trinajstić information content (AvgIpc) is 2.55. The number of hydrogen-bond donors (Lipinski definition) is 2. The van der Waals surface area contributed by atoms with Crippen molar-refractivity contribution in [3.8, 4) is 11.5 Å². The van der Waals surface area contributed by atoms with Crippen LogP contribution in [0.3, 0.4) is 0 Å². The second-order valence-corrected chi connectivity index (χ2v) is 6.24. The van der Waals surface area contributed by atoms with Gasteiger partial charge >= 0.3 is 0 Å². The Kier molecular flexibility index (Phi) is 4.38. The molecule has 1 atom stereocenters. The van der Waals surface area contributed by atoms with Crippen LogP contribution in [0.5, 0.6) is 11.5 Å². The molecule has 0 spiro atoms. The number of ketones is 1. The Morgan fingerprint density at radius 3 is 2.04 bits per heavy atom. The lowest BCUT2D eigenvalue weighted by atomic mass is 9.69. The average molecular weight is 324 g/mol. The molecule has 3 rings (SSSR count). The largest absolute Gasteiger partial charge is 0.507 e. The van der Waals surface area contributed by atoms with Gasteiger partial charge in [-0.15, -0.1) is 0 Å². The van der Waals surface area contributed by atoms with Gasteiger partial charge in [0.05, 0.1) is 11.1 Å². The number of carbonyl (C=O) groups excluding carboxylic acids is 2. The lowest BCUT2D eigenvalue weighted by Gasteiger charge is -2.33. The molecule has 0 aliphatic heterocycles. The summed E-state index contributed by atoms with van der Waals surface area (Å²) in [6.07, 6.45) is 3.01. The molecule has 0 radical (unpaired) electrons. The number of carbonyl (C=O) groups is 2. The van der Waals surface area contributed by atoms with Crippen LogP contribution in [0.4, 0.5) is 0 Å². The molecule has 4 nitrogen and oxygen atoms in total. The van der Waals surface area contributed by atoms with Gasteiger partial charge < -0.3 is 15.0 Å². The van der Waals surface area contributed by atoms with Gasteiger partial charge in [0.15, 0.2) is 0 Å². The third kappa shape index (κ3) is 2.48. The number of phenolic OH excluding ortho intramolecular Hbond substituents is 2. The first kappa shape index (κ1) is 16.2. The third-order valence-corrected chi connectivity index (χ3v) is 4.80. The number of hydrogen-bond acceptors (Lipinski definition) is 4. The van der Waals surface area contributed by atoms with Gasteiger partial charge in [0.25, 0.3) is 0 Å². The summed E-state index contributed by atoms with van der Waals surface area (Å²) in [5.74, 6) is -0.719. The van der Waals surface area contributed by atoms with Gasteiger partial charge in [-0.1, -0.05) is 37.6 Å². The topological polar surface area (TPSA) is 74.6 Å². The van der Waals surface area contributed by atoms with E-state index in [1.807, 2.05) is 12.1 Å². The van der Waals surface area contributed by atoms with E-state index < -0.39 is 0 Å². The monoisotopic (exact) mass is 324 g/mol. The van der Waals surface area contributed by atoms with Gasteiger partial charge in [0.2, 0.25) is 5.78 Å². The maximum atomic E-state index is 12.8. The van der Waals surface area contributed by atoms with Gasteiger partial charge in [-0.25, -0.2) is 0 Å². The predicted octanol–water partition coefficient (Wildman–Crippen LogP) is 3.78. The minimum atomic E-state index is -0.367. The van der Waals surface area contributed by atoms with Crippen molar-refractivity contribution in [2.45, 2.75) is 32.1 Å². The zero-order valence-electron chi connectivity index (χ0n) is 13.5. The van der Waals surface area contributed by atoms with E-state index in [0.29, 0.717) is 6.42 Å². The minimum absolute atomic E-state index is 0.0155. The highest BCUT2D eigenvalue weighted by atomic mass is 16.3. The van der Waals surface area contributed by atoms with E-state index in [1.165, 1.54) is 12.1 Å². The van der Waals surface area contributed by atoms with Gasteiger partial charge in [0.1, 0.15) is 17.8 Å². The van der Waals surface area contributed by atoms with Crippen molar-refractivity contribution in [2.24, 2.45) is 5.92 Å². The van der Waals surface area contributed by atoms with Gasteiger partial charge in [-0.2, -0.15) is 0 Å². The fourth-order valence-electron chi connectivity index (χ4n) is 3.84. The fraction of sp³-hybridized carbons (Fsp3) is 0.300. The van der Waals surface area contributed by atoms with Crippen LogP contribution in [0.2, 0.25) is 0 Å². The maximum Gasteiger partial charge on any atom is 0.201 e. The molecule has 0 saturated carbocycles. The summed E-state index contributed by atoms with van der Waals surface area (Å²) in [5, 5.41) is 20.5. The zero-order valence-corrected chi connectivity index (χ0v) is 13.5. The van der Waals surface area contributed by atoms with Crippen molar-refractivity contribution in [3.63, 3.8) is 0 Å². The summed E-state index contributed by atoms with van der Waals surface area (Å²) >= 11 is 0. The van der Waals surface area contributed by atoms with Crippen molar-refractivity contribution < 1.29 is 19.8 Å². The molecular formula is C20H20O4.